The largest absolute Gasteiger partial charge is 0.480 e. The minimum atomic E-state index is -1.27. The van der Waals surface area contributed by atoms with E-state index in [1.165, 1.54) is 19.2 Å². The van der Waals surface area contributed by atoms with Crippen LogP contribution in [0.3, 0.4) is 0 Å². The number of esters is 1. The number of carbonyl (C=O) groups excluding carboxylic acids is 4. The van der Waals surface area contributed by atoms with E-state index in [2.05, 4.69) is 17.2 Å². The second-order valence-electron chi connectivity index (χ2n) is 11.0. The summed E-state index contributed by atoms with van der Waals surface area (Å²) in [5, 5.41) is 14.5. The number of aliphatic carboxylic acids is 1. The molecule has 0 bridgehead atoms. The van der Waals surface area contributed by atoms with Gasteiger partial charge in [0.1, 0.15) is 35.6 Å². The van der Waals surface area contributed by atoms with Crippen LogP contribution in [-0.2, 0) is 30.2 Å². The molecule has 2 unspecified atom stereocenters. The minimum absolute atomic E-state index is 0.0770. The molecule has 13 nitrogen and oxygen atoms in total. The van der Waals surface area contributed by atoms with E-state index < -0.39 is 53.5 Å². The fourth-order valence-electron chi connectivity index (χ4n) is 3.27. The number of nitrogens with one attached hydrogen (secondary N) is 2. The van der Waals surface area contributed by atoms with Crippen LogP contribution in [0.1, 0.15) is 53.5 Å². The van der Waals surface area contributed by atoms with Crippen molar-refractivity contribution in [2.45, 2.75) is 77.7 Å². The quantitative estimate of drug-likeness (QED) is 0.189. The van der Waals surface area contributed by atoms with Crippen molar-refractivity contribution in [3.63, 3.8) is 0 Å². The van der Waals surface area contributed by atoms with Gasteiger partial charge in [0, 0.05) is 20.0 Å². The number of likely N-dealkylation sites (N-methyl/N-ethyl adjacent to an activating group) is 1. The number of carboxylic acid groups (broad SMARTS) is 1. The molecule has 1 aromatic carbocycles. The fourth-order valence-corrected chi connectivity index (χ4v) is 3.27. The standard InChI is InChI=1S/C28H41N3O10/c1-9-16-38-23(34)19(30-25(36)40-27(2,3)4)17-18-12-10-11-13-21(18)39-24(35)29-15-14-20(22(32)33)31(8)26(37)41-28(5,6)7/h9-13,19-20H,1,14-17H2,2-8H3,(H,29,35)(H,30,36)(H,32,33). The molecule has 0 aromatic heterocycles. The van der Waals surface area contributed by atoms with Crippen LogP contribution in [0, 0.1) is 0 Å². The lowest BCUT2D eigenvalue weighted by Gasteiger charge is -2.28. The van der Waals surface area contributed by atoms with E-state index in [0.717, 1.165) is 4.90 Å². The molecule has 0 radical (unpaired) electrons. The van der Waals surface area contributed by atoms with Gasteiger partial charge in [-0.15, -0.1) is 0 Å². The SMILES string of the molecule is C=CCOC(=O)C(Cc1ccccc1OC(=O)NCCC(C(=O)O)N(C)C(=O)OC(C)(C)C)NC(=O)OC(C)(C)C. The number of carboxylic acids is 1. The lowest BCUT2D eigenvalue weighted by atomic mass is 10.0. The zero-order chi connectivity index (χ0) is 31.4. The molecule has 1 aromatic rings. The van der Waals surface area contributed by atoms with E-state index in [1.54, 1.807) is 59.7 Å². The third-order valence-electron chi connectivity index (χ3n) is 5.04. The van der Waals surface area contributed by atoms with Crippen molar-refractivity contribution >= 4 is 30.2 Å². The molecule has 0 saturated carbocycles. The number of nitrogens with zero attached hydrogens (tertiary/aromatic N) is 1. The van der Waals surface area contributed by atoms with Gasteiger partial charge in [-0.1, -0.05) is 30.9 Å². The maximum Gasteiger partial charge on any atom is 0.412 e. The van der Waals surface area contributed by atoms with E-state index in [-0.39, 0.29) is 31.7 Å². The van der Waals surface area contributed by atoms with E-state index in [0.29, 0.717) is 5.56 Å². The number of ether oxygens (including phenoxy) is 4. The first-order valence-corrected chi connectivity index (χ1v) is 12.9. The normalized spacial score (nSPS) is 12.7. The topological polar surface area (TPSA) is 170 Å². The van der Waals surface area contributed by atoms with Crippen molar-refractivity contribution in [3.8, 4) is 5.75 Å². The molecule has 0 heterocycles. The van der Waals surface area contributed by atoms with E-state index in [9.17, 15) is 29.1 Å². The molecule has 41 heavy (non-hydrogen) atoms. The van der Waals surface area contributed by atoms with E-state index >= 15 is 0 Å². The number of alkyl carbamates (subject to hydrolysis) is 1. The zero-order valence-corrected chi connectivity index (χ0v) is 24.6. The van der Waals surface area contributed by atoms with Crippen molar-refractivity contribution in [1.29, 1.82) is 0 Å². The maximum atomic E-state index is 12.6. The number of carbonyl (C=O) groups is 5. The zero-order valence-electron chi connectivity index (χ0n) is 24.6. The van der Waals surface area contributed by atoms with Crippen LogP contribution in [-0.4, -0.2) is 83.7 Å². The van der Waals surface area contributed by atoms with E-state index in [1.807, 2.05) is 0 Å². The fraction of sp³-hybridized carbons (Fsp3) is 0.536. The van der Waals surface area contributed by atoms with Gasteiger partial charge in [0.05, 0.1) is 0 Å². The molecular formula is C28H41N3O10. The van der Waals surface area contributed by atoms with Crippen LogP contribution in [0.15, 0.2) is 36.9 Å². The van der Waals surface area contributed by atoms with Crippen molar-refractivity contribution in [2.24, 2.45) is 0 Å². The van der Waals surface area contributed by atoms with Crippen LogP contribution in [0.4, 0.5) is 14.4 Å². The highest BCUT2D eigenvalue weighted by atomic mass is 16.6. The summed E-state index contributed by atoms with van der Waals surface area (Å²) in [7, 11) is 1.29. The Bertz CT molecular complexity index is 1090. The summed E-state index contributed by atoms with van der Waals surface area (Å²) >= 11 is 0. The van der Waals surface area contributed by atoms with Crippen LogP contribution in [0.2, 0.25) is 0 Å². The molecule has 228 valence electrons. The Morgan fingerprint density at radius 2 is 1.61 bits per heavy atom. The number of rotatable bonds is 12. The average molecular weight is 580 g/mol. The minimum Gasteiger partial charge on any atom is -0.480 e. The van der Waals surface area contributed by atoms with Crippen molar-refractivity contribution < 1.29 is 48.0 Å². The molecule has 13 heteroatoms. The lowest BCUT2D eigenvalue weighted by molar-refractivity contribution is -0.145. The van der Waals surface area contributed by atoms with Gasteiger partial charge in [-0.05, 0) is 59.6 Å². The average Bonchev–Trinajstić information content (AvgIpc) is 2.83. The molecule has 3 N–H and O–H groups in total. The number of hydrogen-bond donors (Lipinski definition) is 3. The molecule has 0 saturated heterocycles. The van der Waals surface area contributed by atoms with Crippen LogP contribution < -0.4 is 15.4 Å². The Hall–Kier alpha value is -4.29. The van der Waals surface area contributed by atoms with Crippen LogP contribution in [0.5, 0.6) is 5.75 Å². The van der Waals surface area contributed by atoms with Gasteiger partial charge in [-0.2, -0.15) is 0 Å². The summed E-state index contributed by atoms with van der Waals surface area (Å²) in [4.78, 5) is 62.4. The van der Waals surface area contributed by atoms with Gasteiger partial charge < -0.3 is 34.7 Å². The summed E-state index contributed by atoms with van der Waals surface area (Å²) in [6.07, 6.45) is -1.39. The molecule has 0 fully saturated rings. The van der Waals surface area contributed by atoms with Crippen LogP contribution in [0.25, 0.3) is 0 Å². The highest BCUT2D eigenvalue weighted by molar-refractivity contribution is 5.82. The number of hydrogen-bond acceptors (Lipinski definition) is 9. The van der Waals surface area contributed by atoms with Gasteiger partial charge in [-0.25, -0.2) is 24.0 Å². The molecule has 2 atom stereocenters. The second kappa shape index (κ2) is 15.5. The molecule has 3 amide bonds. The monoisotopic (exact) mass is 579 g/mol. The van der Waals surface area contributed by atoms with Crippen LogP contribution >= 0.6 is 0 Å². The first-order chi connectivity index (χ1) is 18.9. The Kier molecular flexibility index (Phi) is 13.1. The summed E-state index contributed by atoms with van der Waals surface area (Å²) < 4.78 is 20.9. The summed E-state index contributed by atoms with van der Waals surface area (Å²) in [5.74, 6) is -1.92. The summed E-state index contributed by atoms with van der Waals surface area (Å²) in [5.41, 5.74) is -1.22. The predicted molar refractivity (Wildman–Crippen MR) is 149 cm³/mol. The molecular weight excluding hydrogens is 538 g/mol. The van der Waals surface area contributed by atoms with Crippen molar-refractivity contribution in [2.75, 3.05) is 20.2 Å². The van der Waals surface area contributed by atoms with Gasteiger partial charge in [0.2, 0.25) is 0 Å². The van der Waals surface area contributed by atoms with Crippen molar-refractivity contribution in [3.05, 3.63) is 42.5 Å². The Morgan fingerprint density at radius 1 is 1.00 bits per heavy atom. The molecule has 0 aliphatic heterocycles. The highest BCUT2D eigenvalue weighted by Gasteiger charge is 2.30. The second-order valence-corrected chi connectivity index (χ2v) is 11.0. The third kappa shape index (κ3) is 13.6. The highest BCUT2D eigenvalue weighted by Crippen LogP contribution is 2.21. The summed E-state index contributed by atoms with van der Waals surface area (Å²) in [6, 6.07) is 3.92. The number of amides is 3. The Balaban J connectivity index is 2.91. The van der Waals surface area contributed by atoms with Gasteiger partial charge in [0.25, 0.3) is 0 Å². The first kappa shape index (κ1) is 34.7. The number of para-hydroxylation sites is 1. The molecule has 0 aliphatic carbocycles. The molecule has 0 aliphatic rings. The molecule has 1 rings (SSSR count). The Morgan fingerprint density at radius 3 is 2.17 bits per heavy atom. The van der Waals surface area contributed by atoms with Gasteiger partial charge >= 0.3 is 30.2 Å². The lowest BCUT2D eigenvalue weighted by Crippen LogP contribution is -2.46. The summed E-state index contributed by atoms with van der Waals surface area (Å²) in [6.45, 7) is 13.3. The predicted octanol–water partition coefficient (Wildman–Crippen LogP) is 3.65. The maximum absolute atomic E-state index is 12.6. The molecule has 0 spiro atoms. The van der Waals surface area contributed by atoms with Crippen molar-refractivity contribution in [1.82, 2.24) is 15.5 Å². The number of benzene rings is 1. The van der Waals surface area contributed by atoms with E-state index in [4.69, 9.17) is 18.9 Å². The Labute approximate surface area is 240 Å². The first-order valence-electron chi connectivity index (χ1n) is 12.9. The van der Waals surface area contributed by atoms with Gasteiger partial charge in [0.15, 0.2) is 0 Å². The smallest absolute Gasteiger partial charge is 0.412 e. The third-order valence-corrected chi connectivity index (χ3v) is 5.04. The van der Waals surface area contributed by atoms with Gasteiger partial charge in [-0.3, -0.25) is 4.90 Å².